The minimum absolute atomic E-state index is 0.0446. The van der Waals surface area contributed by atoms with Crippen LogP contribution in [0, 0.1) is 0 Å². The Hall–Kier alpha value is -3.38. The average molecular weight is 394 g/mol. The minimum Gasteiger partial charge on any atom is -0.385 e. The van der Waals surface area contributed by atoms with Crippen LogP contribution in [0.5, 0.6) is 0 Å². The largest absolute Gasteiger partial charge is 0.385 e. The zero-order chi connectivity index (χ0) is 20.7. The predicted octanol–water partition coefficient (Wildman–Crippen LogP) is -0.868. The molecule has 3 aromatic rings. The summed E-state index contributed by atoms with van der Waals surface area (Å²) < 4.78 is 10.6. The molecule has 0 bridgehead atoms. The van der Waals surface area contributed by atoms with E-state index in [0.29, 0.717) is 24.2 Å². The van der Waals surface area contributed by atoms with Crippen LogP contribution in [0.15, 0.2) is 31.4 Å². The number of nitrogens with two attached hydrogens (primary N) is 1. The summed E-state index contributed by atoms with van der Waals surface area (Å²) in [6, 6.07) is 1.60. The summed E-state index contributed by atoms with van der Waals surface area (Å²) in [6.45, 7) is 4.58. The molecule has 0 aliphatic heterocycles. The van der Waals surface area contributed by atoms with Gasteiger partial charge in [0.15, 0.2) is 6.29 Å². The number of nitrogen functional groups attached to an aromatic ring is 1. The van der Waals surface area contributed by atoms with Gasteiger partial charge in [-0.25, -0.2) is 9.59 Å². The molecule has 0 fully saturated rings. The monoisotopic (exact) mass is 394 g/mol. The molecule has 0 amide bonds. The molecule has 12 heteroatoms. The van der Waals surface area contributed by atoms with Gasteiger partial charge in [-0.2, -0.15) is 0 Å². The number of hydrogen-bond donors (Lipinski definition) is 6. The smallest absolute Gasteiger partial charge is 0.327 e. The number of aromatic amines is 5. The zero-order valence-electron chi connectivity index (χ0n) is 15.4. The molecule has 12 nitrogen and oxygen atoms in total. The van der Waals surface area contributed by atoms with Crippen molar-refractivity contribution in [2.75, 3.05) is 18.9 Å². The fraction of sp³-hybridized carbons (Fsp3) is 0.375. The summed E-state index contributed by atoms with van der Waals surface area (Å²) >= 11 is 0. The summed E-state index contributed by atoms with van der Waals surface area (Å²) in [5, 5.41) is 0.463. The molecule has 3 aromatic heterocycles. The van der Waals surface area contributed by atoms with Gasteiger partial charge in [-0.05, 0) is 19.9 Å². The van der Waals surface area contributed by atoms with Gasteiger partial charge < -0.3 is 20.2 Å². The van der Waals surface area contributed by atoms with Crippen LogP contribution in [0.3, 0.4) is 0 Å². The van der Waals surface area contributed by atoms with Gasteiger partial charge in [-0.3, -0.25) is 29.5 Å². The van der Waals surface area contributed by atoms with E-state index >= 15 is 0 Å². The normalized spacial score (nSPS) is 10.8. The Morgan fingerprint density at radius 2 is 1.54 bits per heavy atom. The van der Waals surface area contributed by atoms with Crippen molar-refractivity contribution in [2.24, 2.45) is 0 Å². The topological polar surface area (TPSA) is 192 Å². The highest BCUT2D eigenvalue weighted by Gasteiger charge is 2.15. The Morgan fingerprint density at radius 3 is 2.14 bits per heavy atom. The summed E-state index contributed by atoms with van der Waals surface area (Å²) in [5.74, 6) is 0.0446. The maximum atomic E-state index is 11.5. The Balaban J connectivity index is 0.000000218. The number of aromatic nitrogens is 5. The van der Waals surface area contributed by atoms with Crippen molar-refractivity contribution in [3.63, 3.8) is 0 Å². The van der Waals surface area contributed by atoms with E-state index < -0.39 is 23.2 Å². The highest BCUT2D eigenvalue weighted by Crippen LogP contribution is 2.07. The Bertz CT molecular complexity index is 1130. The van der Waals surface area contributed by atoms with Crippen molar-refractivity contribution in [2.45, 2.75) is 26.6 Å². The standard InChI is InChI=1S/C10H17N3O4.C6H5N3O2/c1-3-16-7(17-4-2)5-6-8(11)12-10(15)13-9(6)14;10-5-3-1-2-7-4(3)8-6(11)9-5/h7H,3-5H2,1-2H3,(H4,11,12,13,14,15);1-2H,(H3,7,8,9,10,11). The van der Waals surface area contributed by atoms with Crippen molar-refractivity contribution < 1.29 is 9.47 Å². The third-order valence-electron chi connectivity index (χ3n) is 3.61. The van der Waals surface area contributed by atoms with E-state index in [0.717, 1.165) is 0 Å². The highest BCUT2D eigenvalue weighted by molar-refractivity contribution is 5.73. The third kappa shape index (κ3) is 5.31. The number of rotatable bonds is 6. The molecule has 0 spiro atoms. The van der Waals surface area contributed by atoms with E-state index in [1.54, 1.807) is 12.3 Å². The third-order valence-corrected chi connectivity index (χ3v) is 3.61. The van der Waals surface area contributed by atoms with E-state index in [-0.39, 0.29) is 23.4 Å². The second-order valence-electron chi connectivity index (χ2n) is 5.52. The molecule has 0 aliphatic rings. The van der Waals surface area contributed by atoms with Gasteiger partial charge in [-0.15, -0.1) is 0 Å². The average Bonchev–Trinajstić information content (AvgIpc) is 3.07. The molecule has 3 rings (SSSR count). The van der Waals surface area contributed by atoms with Gasteiger partial charge in [0, 0.05) is 25.8 Å². The number of anilines is 1. The second kappa shape index (κ2) is 9.53. The second-order valence-corrected chi connectivity index (χ2v) is 5.52. The van der Waals surface area contributed by atoms with E-state index in [4.69, 9.17) is 15.2 Å². The van der Waals surface area contributed by atoms with Gasteiger partial charge in [0.25, 0.3) is 11.1 Å². The van der Waals surface area contributed by atoms with E-state index in [9.17, 15) is 19.2 Å². The van der Waals surface area contributed by atoms with Crippen molar-refractivity contribution in [3.8, 4) is 0 Å². The number of ether oxygens (including phenoxy) is 2. The van der Waals surface area contributed by atoms with Gasteiger partial charge in [0.05, 0.1) is 10.9 Å². The van der Waals surface area contributed by atoms with Gasteiger partial charge in [0.2, 0.25) is 0 Å². The first-order chi connectivity index (χ1) is 13.3. The molecule has 0 unspecified atom stereocenters. The number of H-pyrrole nitrogens is 5. The van der Waals surface area contributed by atoms with Crippen LogP contribution in [0.4, 0.5) is 5.82 Å². The molecule has 0 saturated carbocycles. The van der Waals surface area contributed by atoms with Crippen LogP contribution in [-0.2, 0) is 15.9 Å². The molecule has 0 aromatic carbocycles. The fourth-order valence-electron chi connectivity index (χ4n) is 2.41. The first kappa shape index (κ1) is 20.9. The summed E-state index contributed by atoms with van der Waals surface area (Å²) in [5.41, 5.74) is 4.29. The van der Waals surface area contributed by atoms with Crippen LogP contribution in [0.1, 0.15) is 19.4 Å². The van der Waals surface area contributed by atoms with Crippen LogP contribution >= 0.6 is 0 Å². The predicted molar refractivity (Wildman–Crippen MR) is 102 cm³/mol. The SMILES string of the molecule is CCOC(Cc1c(N)[nH]c(=O)[nH]c1=O)OCC.O=c1[nH]c(=O)c2cc[nH]c2[nH]1. The molecule has 0 saturated heterocycles. The van der Waals surface area contributed by atoms with Crippen molar-refractivity contribution >= 4 is 16.9 Å². The lowest BCUT2D eigenvalue weighted by Crippen LogP contribution is -2.31. The molecule has 0 atom stereocenters. The van der Waals surface area contributed by atoms with Crippen LogP contribution in [-0.4, -0.2) is 44.4 Å². The molecule has 7 N–H and O–H groups in total. The Morgan fingerprint density at radius 1 is 0.929 bits per heavy atom. The molecule has 0 radical (unpaired) electrons. The maximum Gasteiger partial charge on any atom is 0.327 e. The van der Waals surface area contributed by atoms with Gasteiger partial charge >= 0.3 is 11.4 Å². The molecular formula is C16H22N6O6. The lowest BCUT2D eigenvalue weighted by molar-refractivity contribution is -0.134. The summed E-state index contributed by atoms with van der Waals surface area (Å²) in [4.78, 5) is 55.8. The summed E-state index contributed by atoms with van der Waals surface area (Å²) in [6.07, 6.45) is 1.24. The lowest BCUT2D eigenvalue weighted by Gasteiger charge is -2.16. The molecular weight excluding hydrogens is 372 g/mol. The number of fused-ring (bicyclic) bond motifs is 1. The number of hydrogen-bond acceptors (Lipinski definition) is 7. The molecule has 152 valence electrons. The number of nitrogens with one attached hydrogen (secondary N) is 5. The van der Waals surface area contributed by atoms with Crippen molar-refractivity contribution in [3.05, 3.63) is 59.5 Å². The van der Waals surface area contributed by atoms with E-state index in [2.05, 4.69) is 24.9 Å². The quantitative estimate of drug-likeness (QED) is 0.293. The molecule has 28 heavy (non-hydrogen) atoms. The minimum atomic E-state index is -0.624. The first-order valence-electron chi connectivity index (χ1n) is 8.49. The maximum absolute atomic E-state index is 11.5. The van der Waals surface area contributed by atoms with Gasteiger partial charge in [-0.1, -0.05) is 0 Å². The lowest BCUT2D eigenvalue weighted by atomic mass is 10.2. The first-order valence-corrected chi connectivity index (χ1v) is 8.49. The van der Waals surface area contributed by atoms with Crippen LogP contribution < -0.4 is 28.2 Å². The Kier molecular flexibility index (Phi) is 7.12. The van der Waals surface area contributed by atoms with E-state index in [1.807, 2.05) is 13.8 Å². The van der Waals surface area contributed by atoms with Gasteiger partial charge in [0.1, 0.15) is 11.5 Å². The van der Waals surface area contributed by atoms with Crippen LogP contribution in [0.25, 0.3) is 11.0 Å². The van der Waals surface area contributed by atoms with Crippen LogP contribution in [0.2, 0.25) is 0 Å². The summed E-state index contributed by atoms with van der Waals surface area (Å²) in [7, 11) is 0. The van der Waals surface area contributed by atoms with Crippen molar-refractivity contribution in [1.29, 1.82) is 0 Å². The fourth-order valence-corrected chi connectivity index (χ4v) is 2.41. The zero-order valence-corrected chi connectivity index (χ0v) is 15.4. The molecule has 3 heterocycles. The highest BCUT2D eigenvalue weighted by atomic mass is 16.7. The Labute approximate surface area is 157 Å². The molecule has 0 aliphatic carbocycles. The van der Waals surface area contributed by atoms with Crippen molar-refractivity contribution in [1.82, 2.24) is 24.9 Å². The van der Waals surface area contributed by atoms with E-state index in [1.165, 1.54) is 0 Å².